The predicted octanol–water partition coefficient (Wildman–Crippen LogP) is 2.99. The molecular formula is C16H15F3N4S. The summed E-state index contributed by atoms with van der Waals surface area (Å²) in [4.78, 5) is 4.09. The van der Waals surface area contributed by atoms with Crippen molar-refractivity contribution in [1.29, 1.82) is 0 Å². The first-order valence-electron chi connectivity index (χ1n) is 7.45. The Hall–Kier alpha value is -2.22. The molecule has 8 heteroatoms. The van der Waals surface area contributed by atoms with E-state index in [1.54, 1.807) is 18.3 Å². The van der Waals surface area contributed by atoms with E-state index in [0.29, 0.717) is 26.2 Å². The summed E-state index contributed by atoms with van der Waals surface area (Å²) >= 11 is 5.33. The van der Waals surface area contributed by atoms with Gasteiger partial charge in [0.2, 0.25) is 0 Å². The van der Waals surface area contributed by atoms with Crippen LogP contribution in [0.2, 0.25) is 0 Å². The lowest BCUT2D eigenvalue weighted by Gasteiger charge is -2.37. The number of benzene rings is 1. The highest BCUT2D eigenvalue weighted by Gasteiger charge is 2.35. The Morgan fingerprint density at radius 1 is 1.00 bits per heavy atom. The number of piperazine rings is 1. The first-order valence-corrected chi connectivity index (χ1v) is 7.86. The molecule has 4 nitrogen and oxygen atoms in total. The van der Waals surface area contributed by atoms with E-state index in [-0.39, 0.29) is 10.6 Å². The van der Waals surface area contributed by atoms with E-state index in [4.69, 9.17) is 12.2 Å². The van der Waals surface area contributed by atoms with Gasteiger partial charge in [-0.2, -0.15) is 18.3 Å². The van der Waals surface area contributed by atoms with E-state index in [0.717, 1.165) is 11.9 Å². The molecule has 0 unspecified atom stereocenters. The molecule has 1 aromatic carbocycles. The van der Waals surface area contributed by atoms with Gasteiger partial charge < -0.3 is 9.80 Å². The fourth-order valence-corrected chi connectivity index (χ4v) is 3.05. The van der Waals surface area contributed by atoms with Crippen LogP contribution >= 0.6 is 12.2 Å². The monoisotopic (exact) mass is 352 g/mol. The van der Waals surface area contributed by atoms with Crippen LogP contribution in [0.5, 0.6) is 0 Å². The highest BCUT2D eigenvalue weighted by molar-refractivity contribution is 7.80. The Labute approximate surface area is 142 Å². The average molecular weight is 352 g/mol. The minimum atomic E-state index is -4.41. The number of hydrogen-bond donors (Lipinski definition) is 0. The van der Waals surface area contributed by atoms with Gasteiger partial charge in [-0.05, 0) is 18.2 Å². The molecule has 3 rings (SSSR count). The summed E-state index contributed by atoms with van der Waals surface area (Å²) in [6.07, 6.45) is -2.81. The van der Waals surface area contributed by atoms with Crippen LogP contribution < -0.4 is 4.90 Å². The molecule has 0 N–H and O–H groups in total. The van der Waals surface area contributed by atoms with Crippen molar-refractivity contribution in [3.63, 3.8) is 0 Å². The maximum absolute atomic E-state index is 13.2. The van der Waals surface area contributed by atoms with Gasteiger partial charge in [-0.3, -0.25) is 0 Å². The zero-order valence-corrected chi connectivity index (χ0v) is 13.5. The molecule has 0 aliphatic carbocycles. The molecule has 0 radical (unpaired) electrons. The van der Waals surface area contributed by atoms with Crippen molar-refractivity contribution in [2.24, 2.45) is 0 Å². The van der Waals surface area contributed by atoms with Crippen molar-refractivity contribution in [3.05, 3.63) is 53.7 Å². The van der Waals surface area contributed by atoms with E-state index in [1.165, 1.54) is 12.1 Å². The van der Waals surface area contributed by atoms with Gasteiger partial charge in [0, 0.05) is 37.9 Å². The zero-order chi connectivity index (χ0) is 17.2. The topological polar surface area (TPSA) is 32.3 Å². The van der Waals surface area contributed by atoms with Crippen molar-refractivity contribution in [1.82, 2.24) is 15.1 Å². The first-order chi connectivity index (χ1) is 11.5. The summed E-state index contributed by atoms with van der Waals surface area (Å²) in [7, 11) is 0. The standard InChI is InChI=1S/C16H15F3N4S/c17-16(18,19)13-5-2-1-4-12(13)15(24)23-10-8-22(9-11-23)14-6-3-7-20-21-14/h1-7H,8-11H2. The van der Waals surface area contributed by atoms with Crippen LogP contribution in [-0.4, -0.2) is 46.3 Å². The second-order valence-electron chi connectivity index (χ2n) is 5.40. The third-order valence-corrected chi connectivity index (χ3v) is 4.39. The van der Waals surface area contributed by atoms with E-state index in [2.05, 4.69) is 10.2 Å². The Kier molecular flexibility index (Phi) is 4.66. The third kappa shape index (κ3) is 3.48. The lowest BCUT2D eigenvalue weighted by Crippen LogP contribution is -2.49. The van der Waals surface area contributed by atoms with Crippen molar-refractivity contribution < 1.29 is 13.2 Å². The maximum atomic E-state index is 13.2. The number of nitrogens with zero attached hydrogens (tertiary/aromatic N) is 4. The highest BCUT2D eigenvalue weighted by Crippen LogP contribution is 2.32. The number of aromatic nitrogens is 2. The second kappa shape index (κ2) is 6.72. The predicted molar refractivity (Wildman–Crippen MR) is 89.0 cm³/mol. The summed E-state index contributed by atoms with van der Waals surface area (Å²) in [5.41, 5.74) is -0.626. The summed E-state index contributed by atoms with van der Waals surface area (Å²) in [5, 5.41) is 7.90. The molecule has 1 aromatic heterocycles. The normalized spacial score (nSPS) is 15.5. The Morgan fingerprint density at radius 3 is 2.33 bits per heavy atom. The largest absolute Gasteiger partial charge is 0.417 e. The Balaban J connectivity index is 1.72. The van der Waals surface area contributed by atoms with Crippen LogP contribution in [0, 0.1) is 0 Å². The van der Waals surface area contributed by atoms with Gasteiger partial charge in [0.15, 0.2) is 5.82 Å². The molecule has 1 saturated heterocycles. The number of rotatable bonds is 2. The van der Waals surface area contributed by atoms with Crippen molar-refractivity contribution in [2.75, 3.05) is 31.1 Å². The number of hydrogen-bond acceptors (Lipinski definition) is 4. The molecule has 0 amide bonds. The highest BCUT2D eigenvalue weighted by atomic mass is 32.1. The lowest BCUT2D eigenvalue weighted by atomic mass is 10.1. The number of alkyl halides is 3. The second-order valence-corrected chi connectivity index (χ2v) is 5.79. The van der Waals surface area contributed by atoms with Crippen molar-refractivity contribution >= 4 is 23.0 Å². The summed E-state index contributed by atoms with van der Waals surface area (Å²) < 4.78 is 39.5. The smallest absolute Gasteiger partial charge is 0.359 e. The molecule has 2 heterocycles. The Morgan fingerprint density at radius 2 is 1.71 bits per heavy atom. The average Bonchev–Trinajstić information content (AvgIpc) is 2.61. The molecule has 0 bridgehead atoms. The SMILES string of the molecule is FC(F)(F)c1ccccc1C(=S)N1CCN(c2cccnn2)CC1. The fraction of sp³-hybridized carbons (Fsp3) is 0.312. The molecule has 1 aliphatic heterocycles. The van der Waals surface area contributed by atoms with Crippen LogP contribution in [0.1, 0.15) is 11.1 Å². The van der Waals surface area contributed by atoms with Gasteiger partial charge in [-0.1, -0.05) is 30.4 Å². The minimum absolute atomic E-state index is 0.0629. The van der Waals surface area contributed by atoms with Crippen molar-refractivity contribution in [3.8, 4) is 0 Å². The van der Waals surface area contributed by atoms with Gasteiger partial charge in [0.25, 0.3) is 0 Å². The maximum Gasteiger partial charge on any atom is 0.417 e. The van der Waals surface area contributed by atoms with Gasteiger partial charge in [-0.25, -0.2) is 0 Å². The van der Waals surface area contributed by atoms with Crippen LogP contribution in [0.15, 0.2) is 42.6 Å². The molecule has 0 spiro atoms. The van der Waals surface area contributed by atoms with Gasteiger partial charge in [0.1, 0.15) is 4.99 Å². The number of halogens is 3. The molecule has 2 aromatic rings. The number of anilines is 1. The molecule has 126 valence electrons. The fourth-order valence-electron chi connectivity index (χ4n) is 2.69. The van der Waals surface area contributed by atoms with Crippen LogP contribution in [0.4, 0.5) is 19.0 Å². The van der Waals surface area contributed by atoms with Crippen molar-refractivity contribution in [2.45, 2.75) is 6.18 Å². The van der Waals surface area contributed by atoms with E-state index >= 15 is 0 Å². The summed E-state index contributed by atoms with van der Waals surface area (Å²) in [6.45, 7) is 2.35. The molecule has 0 saturated carbocycles. The minimum Gasteiger partial charge on any atom is -0.359 e. The molecule has 0 atom stereocenters. The quantitative estimate of drug-likeness (QED) is 0.776. The van der Waals surface area contributed by atoms with E-state index in [1.807, 2.05) is 15.9 Å². The Bertz CT molecular complexity index is 713. The van der Waals surface area contributed by atoms with Crippen LogP contribution in [-0.2, 0) is 6.18 Å². The van der Waals surface area contributed by atoms with Gasteiger partial charge in [0.05, 0.1) is 5.56 Å². The zero-order valence-electron chi connectivity index (χ0n) is 12.7. The molecule has 24 heavy (non-hydrogen) atoms. The molecular weight excluding hydrogens is 337 g/mol. The van der Waals surface area contributed by atoms with Gasteiger partial charge >= 0.3 is 6.18 Å². The van der Waals surface area contributed by atoms with E-state index in [9.17, 15) is 13.2 Å². The van der Waals surface area contributed by atoms with Gasteiger partial charge in [-0.15, -0.1) is 5.10 Å². The third-order valence-electron chi connectivity index (χ3n) is 3.91. The number of thiocarbonyl (C=S) groups is 1. The molecule has 1 fully saturated rings. The first kappa shape index (κ1) is 16.6. The van der Waals surface area contributed by atoms with Crippen LogP contribution in [0.3, 0.4) is 0 Å². The van der Waals surface area contributed by atoms with Crippen LogP contribution in [0.25, 0.3) is 0 Å². The lowest BCUT2D eigenvalue weighted by molar-refractivity contribution is -0.137. The molecule has 1 aliphatic rings. The summed E-state index contributed by atoms with van der Waals surface area (Å²) in [5.74, 6) is 0.763. The van der Waals surface area contributed by atoms with E-state index < -0.39 is 11.7 Å². The summed E-state index contributed by atoms with van der Waals surface area (Å²) in [6, 6.07) is 9.12.